The van der Waals surface area contributed by atoms with Gasteiger partial charge in [-0.15, -0.1) is 0 Å². The van der Waals surface area contributed by atoms with Crippen molar-refractivity contribution in [1.29, 1.82) is 0 Å². The molecule has 3 aromatic rings. The van der Waals surface area contributed by atoms with Crippen LogP contribution in [0.4, 0.5) is 5.69 Å². The van der Waals surface area contributed by atoms with Crippen LogP contribution in [-0.2, 0) is 6.42 Å². The SMILES string of the molecule is c1ccc(-c2noc(-c3ccc4c(c3)CCN4)n2)cc1. The molecule has 1 N–H and O–H groups in total. The Hall–Kier alpha value is -2.62. The molecule has 0 saturated carbocycles. The Morgan fingerprint density at radius 1 is 1.00 bits per heavy atom. The fraction of sp³-hybridized carbons (Fsp3) is 0.125. The topological polar surface area (TPSA) is 51.0 Å². The Morgan fingerprint density at radius 2 is 1.90 bits per heavy atom. The Bertz CT molecular complexity index is 749. The van der Waals surface area contributed by atoms with Crippen LogP contribution < -0.4 is 5.32 Å². The summed E-state index contributed by atoms with van der Waals surface area (Å²) >= 11 is 0. The molecule has 1 aliphatic rings. The maximum absolute atomic E-state index is 5.38. The van der Waals surface area contributed by atoms with Gasteiger partial charge in [0.1, 0.15) is 0 Å². The quantitative estimate of drug-likeness (QED) is 0.770. The van der Waals surface area contributed by atoms with E-state index in [2.05, 4.69) is 27.6 Å². The van der Waals surface area contributed by atoms with Crippen LogP contribution in [0.3, 0.4) is 0 Å². The van der Waals surface area contributed by atoms with Crippen LogP contribution in [0.1, 0.15) is 5.56 Å². The van der Waals surface area contributed by atoms with Crippen LogP contribution in [0.5, 0.6) is 0 Å². The summed E-state index contributed by atoms with van der Waals surface area (Å²) in [6, 6.07) is 16.1. The van der Waals surface area contributed by atoms with Crippen molar-refractivity contribution in [2.24, 2.45) is 0 Å². The van der Waals surface area contributed by atoms with Crippen LogP contribution in [0.25, 0.3) is 22.8 Å². The lowest BCUT2D eigenvalue weighted by molar-refractivity contribution is 0.432. The second kappa shape index (κ2) is 4.49. The summed E-state index contributed by atoms with van der Waals surface area (Å²) in [6.07, 6.45) is 1.04. The Labute approximate surface area is 116 Å². The number of hydrogen-bond acceptors (Lipinski definition) is 4. The minimum Gasteiger partial charge on any atom is -0.384 e. The fourth-order valence-electron chi connectivity index (χ4n) is 2.48. The molecule has 1 aromatic heterocycles. The van der Waals surface area contributed by atoms with Crippen LogP contribution in [0.15, 0.2) is 53.1 Å². The van der Waals surface area contributed by atoms with E-state index < -0.39 is 0 Å². The number of hydrogen-bond donors (Lipinski definition) is 1. The van der Waals surface area contributed by atoms with Gasteiger partial charge in [-0.25, -0.2) is 0 Å². The van der Waals surface area contributed by atoms with E-state index >= 15 is 0 Å². The molecule has 0 unspecified atom stereocenters. The molecular weight excluding hydrogens is 250 g/mol. The van der Waals surface area contributed by atoms with E-state index in [9.17, 15) is 0 Å². The number of anilines is 1. The second-order valence-corrected chi connectivity index (χ2v) is 4.84. The molecule has 0 bridgehead atoms. The zero-order chi connectivity index (χ0) is 13.4. The molecule has 1 aliphatic heterocycles. The van der Waals surface area contributed by atoms with Crippen molar-refractivity contribution in [2.45, 2.75) is 6.42 Å². The third kappa shape index (κ3) is 1.86. The summed E-state index contributed by atoms with van der Waals surface area (Å²) in [5, 5.41) is 7.40. The van der Waals surface area contributed by atoms with Crippen molar-refractivity contribution in [3.05, 3.63) is 54.1 Å². The number of aromatic nitrogens is 2. The minimum atomic E-state index is 0.568. The molecular formula is C16H13N3O. The highest BCUT2D eigenvalue weighted by Gasteiger charge is 2.14. The molecule has 0 spiro atoms. The number of nitrogens with one attached hydrogen (secondary N) is 1. The maximum atomic E-state index is 5.38. The van der Waals surface area contributed by atoms with Gasteiger partial charge in [-0.05, 0) is 30.2 Å². The van der Waals surface area contributed by atoms with E-state index in [-0.39, 0.29) is 0 Å². The fourth-order valence-corrected chi connectivity index (χ4v) is 2.48. The highest BCUT2D eigenvalue weighted by Crippen LogP contribution is 2.28. The molecule has 0 atom stereocenters. The van der Waals surface area contributed by atoms with Gasteiger partial charge in [0.25, 0.3) is 5.89 Å². The largest absolute Gasteiger partial charge is 0.384 e. The first-order chi connectivity index (χ1) is 9.90. The molecule has 20 heavy (non-hydrogen) atoms. The lowest BCUT2D eigenvalue weighted by Crippen LogP contribution is -1.90. The number of rotatable bonds is 2. The normalized spacial score (nSPS) is 13.0. The summed E-state index contributed by atoms with van der Waals surface area (Å²) in [5.41, 5.74) is 4.45. The first-order valence-electron chi connectivity index (χ1n) is 6.66. The Kier molecular flexibility index (Phi) is 2.52. The molecule has 0 aliphatic carbocycles. The third-order valence-corrected chi connectivity index (χ3v) is 3.52. The summed E-state index contributed by atoms with van der Waals surface area (Å²) in [7, 11) is 0. The molecule has 2 heterocycles. The number of fused-ring (bicyclic) bond motifs is 1. The van der Waals surface area contributed by atoms with Gasteiger partial charge in [-0.3, -0.25) is 0 Å². The standard InChI is InChI=1S/C16H13N3O/c1-2-4-11(5-3-1)15-18-16(20-19-15)13-6-7-14-12(10-13)8-9-17-14/h1-7,10,17H,8-9H2. The van der Waals surface area contributed by atoms with E-state index in [1.807, 2.05) is 36.4 Å². The van der Waals surface area contributed by atoms with Crippen LogP contribution in [0, 0.1) is 0 Å². The van der Waals surface area contributed by atoms with Crippen molar-refractivity contribution < 1.29 is 4.52 Å². The second-order valence-electron chi connectivity index (χ2n) is 4.84. The predicted molar refractivity (Wildman–Crippen MR) is 77.4 cm³/mol. The third-order valence-electron chi connectivity index (χ3n) is 3.52. The summed E-state index contributed by atoms with van der Waals surface area (Å²) in [6.45, 7) is 0.998. The minimum absolute atomic E-state index is 0.568. The zero-order valence-electron chi connectivity index (χ0n) is 10.8. The molecule has 4 nitrogen and oxygen atoms in total. The molecule has 4 rings (SSSR count). The molecule has 98 valence electrons. The van der Waals surface area contributed by atoms with Gasteiger partial charge in [0, 0.05) is 23.4 Å². The Balaban J connectivity index is 1.72. The average Bonchev–Trinajstić information content (AvgIpc) is 3.16. The predicted octanol–water partition coefficient (Wildman–Crippen LogP) is 3.37. The summed E-state index contributed by atoms with van der Waals surface area (Å²) in [4.78, 5) is 4.48. The van der Waals surface area contributed by atoms with E-state index in [4.69, 9.17) is 4.52 Å². The van der Waals surface area contributed by atoms with Gasteiger partial charge in [-0.2, -0.15) is 4.98 Å². The summed E-state index contributed by atoms with van der Waals surface area (Å²) < 4.78 is 5.38. The van der Waals surface area contributed by atoms with Gasteiger partial charge < -0.3 is 9.84 Å². The van der Waals surface area contributed by atoms with Gasteiger partial charge in [0.2, 0.25) is 5.82 Å². The Morgan fingerprint density at radius 3 is 2.80 bits per heavy atom. The van der Waals surface area contributed by atoms with E-state index in [1.165, 1.54) is 11.3 Å². The molecule has 4 heteroatoms. The van der Waals surface area contributed by atoms with E-state index in [1.54, 1.807) is 0 Å². The molecule has 0 radical (unpaired) electrons. The van der Waals surface area contributed by atoms with E-state index in [0.717, 1.165) is 24.1 Å². The summed E-state index contributed by atoms with van der Waals surface area (Å²) in [5.74, 6) is 1.19. The molecule has 2 aromatic carbocycles. The highest BCUT2D eigenvalue weighted by atomic mass is 16.5. The monoisotopic (exact) mass is 263 g/mol. The lowest BCUT2D eigenvalue weighted by atomic mass is 10.1. The maximum Gasteiger partial charge on any atom is 0.258 e. The van der Waals surface area contributed by atoms with Gasteiger partial charge >= 0.3 is 0 Å². The molecule has 0 saturated heterocycles. The molecule has 0 fully saturated rings. The lowest BCUT2D eigenvalue weighted by Gasteiger charge is -2.00. The van der Waals surface area contributed by atoms with Gasteiger partial charge in [0.15, 0.2) is 0 Å². The highest BCUT2D eigenvalue weighted by molar-refractivity contribution is 5.66. The number of nitrogens with zero attached hydrogens (tertiary/aromatic N) is 2. The van der Waals surface area contributed by atoms with Crippen molar-refractivity contribution in [3.8, 4) is 22.8 Å². The molecule has 0 amide bonds. The first-order valence-corrected chi connectivity index (χ1v) is 6.66. The first kappa shape index (κ1) is 11.2. The van der Waals surface area contributed by atoms with Crippen molar-refractivity contribution in [2.75, 3.05) is 11.9 Å². The van der Waals surface area contributed by atoms with Crippen LogP contribution >= 0.6 is 0 Å². The van der Waals surface area contributed by atoms with Crippen molar-refractivity contribution in [3.63, 3.8) is 0 Å². The van der Waals surface area contributed by atoms with E-state index in [0.29, 0.717) is 11.7 Å². The van der Waals surface area contributed by atoms with Crippen molar-refractivity contribution in [1.82, 2.24) is 10.1 Å². The van der Waals surface area contributed by atoms with Crippen LogP contribution in [-0.4, -0.2) is 16.7 Å². The average molecular weight is 263 g/mol. The zero-order valence-corrected chi connectivity index (χ0v) is 10.8. The van der Waals surface area contributed by atoms with Gasteiger partial charge in [-0.1, -0.05) is 35.5 Å². The van der Waals surface area contributed by atoms with Crippen molar-refractivity contribution >= 4 is 5.69 Å². The smallest absolute Gasteiger partial charge is 0.258 e. The van der Waals surface area contributed by atoms with Crippen LogP contribution in [0.2, 0.25) is 0 Å². The number of benzene rings is 2. The van der Waals surface area contributed by atoms with Gasteiger partial charge in [0.05, 0.1) is 0 Å².